The number of aromatic nitrogens is 1. The van der Waals surface area contributed by atoms with Crippen LogP contribution < -0.4 is 0 Å². The first-order valence-electron chi connectivity index (χ1n) is 20.7. The zero-order valence-electron chi connectivity index (χ0n) is 32.7. The monoisotopic (exact) mass is 755 g/mol. The summed E-state index contributed by atoms with van der Waals surface area (Å²) in [4.78, 5) is 14.3. The Morgan fingerprint density at radius 3 is 2.26 bits per heavy atom. The quantitative estimate of drug-likeness (QED) is 0.171. The van der Waals surface area contributed by atoms with Crippen molar-refractivity contribution in [2.45, 2.75) is 57.9 Å². The van der Waals surface area contributed by atoms with Gasteiger partial charge in [-0.05, 0) is 94.2 Å². The number of aryl methyl sites for hydroxylation is 1. The molecule has 4 aliphatic rings. The fourth-order valence-corrected chi connectivity index (χ4v) is 11.6. The van der Waals surface area contributed by atoms with Crippen molar-refractivity contribution in [3.05, 3.63) is 183 Å². The average Bonchev–Trinajstić information content (AvgIpc) is 3.79. The molecule has 278 valence electrons. The van der Waals surface area contributed by atoms with Gasteiger partial charge in [-0.25, -0.2) is 9.98 Å². The van der Waals surface area contributed by atoms with Gasteiger partial charge in [0.25, 0.3) is 0 Å². The van der Waals surface area contributed by atoms with E-state index in [1.165, 1.54) is 68.1 Å². The van der Waals surface area contributed by atoms with Gasteiger partial charge in [0.15, 0.2) is 0 Å². The summed E-state index contributed by atoms with van der Waals surface area (Å²) in [7, 11) is 0. The molecule has 3 nitrogen and oxygen atoms in total. The average molecular weight is 756 g/mol. The van der Waals surface area contributed by atoms with E-state index in [1.807, 2.05) is 0 Å². The van der Waals surface area contributed by atoms with Crippen molar-refractivity contribution >= 4 is 50.9 Å². The van der Waals surface area contributed by atoms with Crippen LogP contribution in [0.4, 0.5) is 0 Å². The number of fused-ring (bicyclic) bond motifs is 7. The van der Waals surface area contributed by atoms with Crippen molar-refractivity contribution in [3.8, 4) is 22.3 Å². The highest BCUT2D eigenvalue weighted by atomic mass is 32.1. The van der Waals surface area contributed by atoms with Gasteiger partial charge in [-0.2, -0.15) is 0 Å². The smallest absolute Gasteiger partial charge is 0.231 e. The predicted molar refractivity (Wildman–Crippen MR) is 242 cm³/mol. The van der Waals surface area contributed by atoms with Crippen LogP contribution in [0.3, 0.4) is 0 Å². The molecule has 0 N–H and O–H groups in total. The van der Waals surface area contributed by atoms with Crippen molar-refractivity contribution in [1.29, 1.82) is 0 Å². The van der Waals surface area contributed by atoms with Crippen LogP contribution in [0.1, 0.15) is 71.0 Å². The molecule has 1 aliphatic heterocycles. The second kappa shape index (κ2) is 13.7. The first kappa shape index (κ1) is 34.4. The predicted octanol–water partition coefficient (Wildman–Crippen LogP) is 13.4. The Morgan fingerprint density at radius 2 is 1.40 bits per heavy atom. The Labute approximate surface area is 339 Å². The van der Waals surface area contributed by atoms with Gasteiger partial charge < -0.3 is 0 Å². The maximum absolute atomic E-state index is 5.56. The van der Waals surface area contributed by atoms with Gasteiger partial charge in [0.05, 0.1) is 22.8 Å². The number of nitrogens with zero attached hydrogens (tertiary/aromatic N) is 3. The van der Waals surface area contributed by atoms with Crippen LogP contribution in [0.25, 0.3) is 50.1 Å². The minimum atomic E-state index is -0.0250. The lowest BCUT2D eigenvalue weighted by Gasteiger charge is -2.31. The van der Waals surface area contributed by atoms with Crippen LogP contribution in [-0.2, 0) is 12.8 Å². The molecule has 0 bridgehead atoms. The third-order valence-corrected chi connectivity index (χ3v) is 14.3. The molecule has 3 heterocycles. The molecule has 0 fully saturated rings. The third-order valence-electron chi connectivity index (χ3n) is 13.0. The zero-order chi connectivity index (χ0) is 38.2. The van der Waals surface area contributed by atoms with Crippen LogP contribution in [0.2, 0.25) is 0 Å². The lowest BCUT2D eigenvalue weighted by molar-refractivity contribution is 0.507. The first-order chi connectivity index (χ1) is 28.0. The Bertz CT molecular complexity index is 2880. The van der Waals surface area contributed by atoms with E-state index >= 15 is 0 Å². The molecule has 7 aromatic rings. The summed E-state index contributed by atoms with van der Waals surface area (Å²) in [6.07, 6.45) is 15.0. The number of thiophene rings is 1. The Kier molecular flexibility index (Phi) is 8.25. The van der Waals surface area contributed by atoms with Gasteiger partial charge in [-0.1, -0.05) is 154 Å². The van der Waals surface area contributed by atoms with Crippen LogP contribution >= 0.6 is 11.3 Å². The van der Waals surface area contributed by atoms with E-state index in [9.17, 15) is 0 Å². The van der Waals surface area contributed by atoms with E-state index in [1.54, 1.807) is 15.3 Å². The lowest BCUT2D eigenvalue weighted by atomic mass is 9.73. The summed E-state index contributed by atoms with van der Waals surface area (Å²) in [5.74, 6) is 2.55. The number of hydrogen-bond acceptors (Lipinski definition) is 3. The van der Waals surface area contributed by atoms with Gasteiger partial charge in [0.2, 0.25) is 5.96 Å². The number of hydrogen-bond donors (Lipinski definition) is 0. The fraction of sp³-hybridized carbons (Fsp3) is 0.208. The van der Waals surface area contributed by atoms with Gasteiger partial charge in [0.1, 0.15) is 0 Å². The summed E-state index contributed by atoms with van der Waals surface area (Å²) < 4.78 is 2.36. The van der Waals surface area contributed by atoms with Gasteiger partial charge >= 0.3 is 0 Å². The number of allylic oxidation sites excluding steroid dienone is 3. The normalized spacial score (nSPS) is 22.4. The number of benzene rings is 5. The lowest BCUT2D eigenvalue weighted by Crippen LogP contribution is -2.32. The SMILES string of the molecule is CC1C=Cc2c(sc3c2C(C)[C@@H](c2ccc4c5ccccc5n(C5=NC6C(=CC=CC6C)C(c6cccc(-c7ccc(-c8ccccc8)cc7)c6)=N5)c4c2)CC3)C1. The van der Waals surface area contributed by atoms with Crippen molar-refractivity contribution in [3.63, 3.8) is 0 Å². The Morgan fingerprint density at radius 1 is 0.667 bits per heavy atom. The number of aliphatic imine (C=N–C) groups is 2. The molecule has 2 aromatic heterocycles. The molecule has 0 radical (unpaired) electrons. The molecule has 5 atom stereocenters. The second-order valence-corrected chi connectivity index (χ2v) is 17.8. The van der Waals surface area contributed by atoms with Gasteiger partial charge in [-0.3, -0.25) is 4.57 Å². The molecule has 0 saturated carbocycles. The molecule has 0 saturated heterocycles. The third kappa shape index (κ3) is 5.76. The molecule has 11 rings (SSSR count). The molecule has 4 unspecified atom stereocenters. The van der Waals surface area contributed by atoms with E-state index in [2.05, 4.69) is 188 Å². The van der Waals surface area contributed by atoms with Crippen molar-refractivity contribution in [2.75, 3.05) is 0 Å². The Hall–Kier alpha value is -5.84. The largest absolute Gasteiger partial charge is 0.278 e. The van der Waals surface area contributed by atoms with E-state index < -0.39 is 0 Å². The van der Waals surface area contributed by atoms with Gasteiger partial charge in [-0.15, -0.1) is 11.3 Å². The van der Waals surface area contributed by atoms with Crippen LogP contribution in [0.15, 0.2) is 161 Å². The molecule has 3 aliphatic carbocycles. The molecular weight excluding hydrogens is 711 g/mol. The standard InChI is InChI=1S/C53H45N3S/c1-32-19-25-44-49(29-32)57-48-28-27-41(34(3)50(44)48)39-24-26-43-42-16-7-8-18-46(42)56(47(43)31-39)53-54-51-33(2)11-9-17-45(51)52(55-53)40-15-10-14-38(30-40)37-22-20-36(21-23-37)35-12-5-4-6-13-35/h4-26,30-34,41,51H,27-29H2,1-3H3/t32?,33?,34?,41-,51?/m0/s1. The first-order valence-corrected chi connectivity index (χ1v) is 21.5. The zero-order valence-corrected chi connectivity index (χ0v) is 33.5. The maximum Gasteiger partial charge on any atom is 0.231 e. The second-order valence-electron chi connectivity index (χ2n) is 16.6. The summed E-state index contributed by atoms with van der Waals surface area (Å²) in [6.45, 7) is 7.10. The maximum atomic E-state index is 5.56. The van der Waals surface area contributed by atoms with Crippen molar-refractivity contribution in [1.82, 2.24) is 4.57 Å². The fourth-order valence-electron chi connectivity index (χ4n) is 10.0. The van der Waals surface area contributed by atoms with E-state index in [4.69, 9.17) is 9.98 Å². The van der Waals surface area contributed by atoms with Crippen LogP contribution in [0, 0.1) is 11.8 Å². The molecule has 5 aromatic carbocycles. The summed E-state index contributed by atoms with van der Waals surface area (Å²) in [5, 5.41) is 2.49. The van der Waals surface area contributed by atoms with Crippen molar-refractivity contribution in [2.24, 2.45) is 21.8 Å². The topological polar surface area (TPSA) is 29.6 Å². The minimum Gasteiger partial charge on any atom is -0.278 e. The summed E-state index contributed by atoms with van der Waals surface area (Å²) in [5.41, 5.74) is 15.0. The minimum absolute atomic E-state index is 0.0250. The molecule has 57 heavy (non-hydrogen) atoms. The Balaban J connectivity index is 1.02. The van der Waals surface area contributed by atoms with Crippen LogP contribution in [0.5, 0.6) is 0 Å². The van der Waals surface area contributed by atoms with E-state index in [0.29, 0.717) is 17.8 Å². The molecular formula is C53H45N3S. The summed E-state index contributed by atoms with van der Waals surface area (Å²) in [6, 6.07) is 44.4. The summed E-state index contributed by atoms with van der Waals surface area (Å²) >= 11 is 2.08. The molecule has 0 spiro atoms. The molecule has 0 amide bonds. The highest BCUT2D eigenvalue weighted by Gasteiger charge is 2.35. The highest BCUT2D eigenvalue weighted by Crippen LogP contribution is 2.50. The van der Waals surface area contributed by atoms with Crippen molar-refractivity contribution < 1.29 is 0 Å². The number of rotatable bonds is 4. The number of para-hydroxylation sites is 1. The highest BCUT2D eigenvalue weighted by molar-refractivity contribution is 7.12. The van der Waals surface area contributed by atoms with E-state index in [0.717, 1.165) is 29.2 Å². The van der Waals surface area contributed by atoms with E-state index in [-0.39, 0.29) is 12.0 Å². The van der Waals surface area contributed by atoms with Gasteiger partial charge in [0, 0.05) is 37.6 Å². The molecule has 4 heteroatoms. The van der Waals surface area contributed by atoms with Crippen LogP contribution in [-0.4, -0.2) is 22.3 Å².